The number of fused-ring (bicyclic) bond motifs is 3. The molecule has 2 heterocycles. The fourth-order valence-electron chi connectivity index (χ4n) is 2.45. The van der Waals surface area contributed by atoms with Crippen LogP contribution in [0.1, 0.15) is 17.3 Å². The number of rotatable bonds is 2. The molecule has 114 valence electrons. The van der Waals surface area contributed by atoms with Crippen LogP contribution in [0.4, 0.5) is 4.39 Å². The standard InChI is InChI=1S/C16H12FNO3.ClH/c1-2-21-16(20)13-12-8-3-4-9-18(12)14-10(15(13)19)6-5-7-11(14)17;/h3-9H,2H2,1H3;1H. The highest BCUT2D eigenvalue weighted by Crippen LogP contribution is 2.30. The largest absolute Gasteiger partial charge is 1.00 e. The lowest BCUT2D eigenvalue weighted by Crippen LogP contribution is -3.00. The molecule has 0 unspecified atom stereocenters. The van der Waals surface area contributed by atoms with Crippen LogP contribution in [0.2, 0.25) is 0 Å². The van der Waals surface area contributed by atoms with Crippen LogP contribution in [0.3, 0.4) is 0 Å². The average Bonchev–Trinajstić information content (AvgIpc) is 2.48. The molecule has 0 amide bonds. The van der Waals surface area contributed by atoms with Gasteiger partial charge in [0.1, 0.15) is 0 Å². The topological polar surface area (TPSA) is 50.6 Å². The summed E-state index contributed by atoms with van der Waals surface area (Å²) in [5.41, 5.74) is 0.653. The molecule has 0 radical (unpaired) electrons. The van der Waals surface area contributed by atoms with Gasteiger partial charge in [0.05, 0.1) is 12.0 Å². The molecule has 0 bridgehead atoms. The van der Waals surface area contributed by atoms with Crippen LogP contribution in [0, 0.1) is 5.82 Å². The molecular weight excluding hydrogens is 309 g/mol. The number of hydrogen-bond donors (Lipinski definition) is 1. The maximum atomic E-state index is 14.1. The van der Waals surface area contributed by atoms with E-state index in [1.165, 1.54) is 16.5 Å². The van der Waals surface area contributed by atoms with Crippen molar-refractivity contribution >= 4 is 22.4 Å². The Hall–Kier alpha value is -2.40. The van der Waals surface area contributed by atoms with E-state index in [0.717, 1.165) is 0 Å². The number of carbonyl (C=O) groups excluding carboxylic acids is 1. The van der Waals surface area contributed by atoms with Crippen molar-refractivity contribution in [3.63, 3.8) is 0 Å². The summed E-state index contributed by atoms with van der Waals surface area (Å²) in [4.78, 5) is 12.1. The van der Waals surface area contributed by atoms with E-state index >= 15 is 0 Å². The Morgan fingerprint density at radius 2 is 2.05 bits per heavy atom. The predicted molar refractivity (Wildman–Crippen MR) is 74.7 cm³/mol. The lowest BCUT2D eigenvalue weighted by atomic mass is 10.1. The lowest BCUT2D eigenvalue weighted by Gasteiger charge is -2.07. The van der Waals surface area contributed by atoms with Crippen molar-refractivity contribution in [3.05, 3.63) is 54.0 Å². The van der Waals surface area contributed by atoms with Crippen LogP contribution in [-0.4, -0.2) is 17.7 Å². The van der Waals surface area contributed by atoms with Gasteiger partial charge in [-0.15, -0.1) is 0 Å². The quantitative estimate of drug-likeness (QED) is 0.397. The second-order valence-corrected chi connectivity index (χ2v) is 4.54. The third kappa shape index (κ3) is 2.33. The van der Waals surface area contributed by atoms with Crippen LogP contribution in [0.5, 0.6) is 5.75 Å². The number of ether oxygens (including phenoxy) is 1. The van der Waals surface area contributed by atoms with Crippen LogP contribution >= 0.6 is 0 Å². The SMILES string of the molecule is CCOC(=O)c1c(O)c2cccc(F)c2[n+]2ccccc12.[Cl-]. The first kappa shape index (κ1) is 16.0. The Balaban J connectivity index is 0.00000176. The molecule has 0 saturated carbocycles. The van der Waals surface area contributed by atoms with Gasteiger partial charge >= 0.3 is 5.97 Å². The first-order valence-electron chi connectivity index (χ1n) is 6.55. The minimum absolute atomic E-state index is 0. The molecule has 1 N–H and O–H groups in total. The number of para-hydroxylation sites is 1. The molecular formula is C16H13ClFNO3. The van der Waals surface area contributed by atoms with Gasteiger partial charge in [-0.25, -0.2) is 4.79 Å². The summed E-state index contributed by atoms with van der Waals surface area (Å²) >= 11 is 0. The van der Waals surface area contributed by atoms with Gasteiger partial charge in [-0.3, -0.25) is 0 Å². The van der Waals surface area contributed by atoms with Crippen molar-refractivity contribution in [3.8, 4) is 5.75 Å². The fraction of sp³-hybridized carbons (Fsp3) is 0.125. The molecule has 6 heteroatoms. The summed E-state index contributed by atoms with van der Waals surface area (Å²) in [6.07, 6.45) is 1.64. The number of aromatic nitrogens is 1. The average molecular weight is 322 g/mol. The predicted octanol–water partition coefficient (Wildman–Crippen LogP) is -0.396. The molecule has 22 heavy (non-hydrogen) atoms. The maximum absolute atomic E-state index is 14.1. The second-order valence-electron chi connectivity index (χ2n) is 4.54. The van der Waals surface area contributed by atoms with Crippen molar-refractivity contribution in [2.75, 3.05) is 6.61 Å². The monoisotopic (exact) mass is 321 g/mol. The summed E-state index contributed by atoms with van der Waals surface area (Å²) < 4.78 is 20.7. The zero-order valence-corrected chi connectivity index (χ0v) is 12.5. The van der Waals surface area contributed by atoms with Crippen molar-refractivity contribution < 1.29 is 35.8 Å². The van der Waals surface area contributed by atoms with E-state index in [-0.39, 0.29) is 41.2 Å². The van der Waals surface area contributed by atoms with Gasteiger partial charge in [-0.1, -0.05) is 6.07 Å². The van der Waals surface area contributed by atoms with Gasteiger partial charge in [0, 0.05) is 12.1 Å². The summed E-state index contributed by atoms with van der Waals surface area (Å²) in [6.45, 7) is 1.88. The molecule has 0 aliphatic rings. The zero-order chi connectivity index (χ0) is 15.0. The third-order valence-electron chi connectivity index (χ3n) is 3.32. The first-order chi connectivity index (χ1) is 10.1. The van der Waals surface area contributed by atoms with Gasteiger partial charge in [0.25, 0.3) is 5.52 Å². The highest BCUT2D eigenvalue weighted by atomic mass is 35.5. The number of esters is 1. The summed E-state index contributed by atoms with van der Waals surface area (Å²) in [6, 6.07) is 9.44. The number of pyridine rings is 2. The van der Waals surface area contributed by atoms with E-state index < -0.39 is 11.8 Å². The van der Waals surface area contributed by atoms with E-state index in [0.29, 0.717) is 5.52 Å². The van der Waals surface area contributed by atoms with Crippen LogP contribution in [-0.2, 0) is 4.74 Å². The van der Waals surface area contributed by atoms with Crippen LogP contribution in [0.25, 0.3) is 16.4 Å². The van der Waals surface area contributed by atoms with E-state index in [4.69, 9.17) is 4.74 Å². The Morgan fingerprint density at radius 3 is 2.77 bits per heavy atom. The molecule has 0 fully saturated rings. The summed E-state index contributed by atoms with van der Waals surface area (Å²) in [7, 11) is 0. The van der Waals surface area contributed by atoms with Gasteiger partial charge in [-0.05, 0) is 25.1 Å². The fourth-order valence-corrected chi connectivity index (χ4v) is 2.45. The van der Waals surface area contributed by atoms with Crippen molar-refractivity contribution in [2.24, 2.45) is 0 Å². The molecule has 0 saturated heterocycles. The summed E-state index contributed by atoms with van der Waals surface area (Å²) in [5.74, 6) is -1.38. The second kappa shape index (κ2) is 6.15. The number of carbonyl (C=O) groups is 1. The Bertz CT molecular complexity index is 867. The van der Waals surface area contributed by atoms with Crippen LogP contribution in [0.15, 0.2) is 42.6 Å². The molecule has 1 aromatic carbocycles. The highest BCUT2D eigenvalue weighted by molar-refractivity contribution is 6.04. The Kier molecular flexibility index (Phi) is 4.47. The molecule has 2 aromatic heterocycles. The van der Waals surface area contributed by atoms with E-state index in [1.54, 1.807) is 37.4 Å². The molecule has 4 nitrogen and oxygen atoms in total. The molecule has 0 atom stereocenters. The first-order valence-corrected chi connectivity index (χ1v) is 6.55. The minimum atomic E-state index is -0.634. The number of nitrogens with zero attached hydrogens (tertiary/aromatic N) is 1. The third-order valence-corrected chi connectivity index (χ3v) is 3.32. The smallest absolute Gasteiger partial charge is 0.348 e. The Morgan fingerprint density at radius 1 is 1.27 bits per heavy atom. The number of hydrogen-bond acceptors (Lipinski definition) is 3. The summed E-state index contributed by atoms with van der Waals surface area (Å²) in [5, 5.41) is 10.7. The van der Waals surface area contributed by atoms with Crippen molar-refractivity contribution in [1.29, 1.82) is 0 Å². The number of halogens is 2. The van der Waals surface area contributed by atoms with Crippen molar-refractivity contribution in [1.82, 2.24) is 0 Å². The number of aromatic hydroxyl groups is 1. The number of benzene rings is 1. The molecule has 3 aromatic rings. The molecule has 3 rings (SSSR count). The minimum Gasteiger partial charge on any atom is -1.00 e. The van der Waals surface area contributed by atoms with Gasteiger partial charge in [0.15, 0.2) is 23.3 Å². The zero-order valence-electron chi connectivity index (χ0n) is 11.7. The van der Waals surface area contributed by atoms with Crippen molar-refractivity contribution in [2.45, 2.75) is 6.92 Å². The lowest BCUT2D eigenvalue weighted by molar-refractivity contribution is -0.483. The maximum Gasteiger partial charge on any atom is 0.348 e. The van der Waals surface area contributed by atoms with E-state index in [2.05, 4.69) is 0 Å². The molecule has 0 aliphatic carbocycles. The van der Waals surface area contributed by atoms with Crippen LogP contribution < -0.4 is 16.8 Å². The van der Waals surface area contributed by atoms with E-state index in [1.807, 2.05) is 0 Å². The van der Waals surface area contributed by atoms with Gasteiger partial charge in [0.2, 0.25) is 5.52 Å². The highest BCUT2D eigenvalue weighted by Gasteiger charge is 2.27. The van der Waals surface area contributed by atoms with Gasteiger partial charge < -0.3 is 22.3 Å². The Labute approximate surface area is 132 Å². The molecule has 0 aliphatic heterocycles. The normalized spacial score (nSPS) is 10.5. The molecule has 0 spiro atoms. The van der Waals surface area contributed by atoms with E-state index in [9.17, 15) is 14.3 Å². The van der Waals surface area contributed by atoms with Gasteiger partial charge in [-0.2, -0.15) is 8.79 Å².